The maximum absolute atomic E-state index is 10.5. The van der Waals surface area contributed by atoms with Crippen LogP contribution in [-0.4, -0.2) is 33.7 Å². The van der Waals surface area contributed by atoms with E-state index in [-0.39, 0.29) is 17.0 Å². The Labute approximate surface area is 94.7 Å². The van der Waals surface area contributed by atoms with Crippen LogP contribution < -0.4 is 0 Å². The molecule has 1 aliphatic heterocycles. The molecule has 2 unspecified atom stereocenters. The summed E-state index contributed by atoms with van der Waals surface area (Å²) in [6.07, 6.45) is 0.881. The molecule has 2 nitrogen and oxygen atoms in total. The predicted octanol–water partition coefficient (Wildman–Crippen LogP) is 2.66. The second-order valence-corrected chi connectivity index (χ2v) is 7.24. The van der Waals surface area contributed by atoms with Crippen LogP contribution in [0.2, 0.25) is 0 Å². The summed E-state index contributed by atoms with van der Waals surface area (Å²) in [6, 6.07) is 0.241. The third-order valence-corrected chi connectivity index (χ3v) is 3.44. The Kier molecular flexibility index (Phi) is 2.99. The molecule has 1 heterocycles. The van der Waals surface area contributed by atoms with E-state index >= 15 is 0 Å². The first kappa shape index (κ1) is 13.0. The molecule has 1 saturated heterocycles. The molecule has 0 bridgehead atoms. The lowest BCUT2D eigenvalue weighted by atomic mass is 9.76. The topological polar surface area (TPSA) is 23.5 Å². The van der Waals surface area contributed by atoms with Crippen molar-refractivity contribution < 1.29 is 5.11 Å². The highest BCUT2D eigenvalue weighted by Crippen LogP contribution is 2.42. The van der Waals surface area contributed by atoms with E-state index in [2.05, 4.69) is 46.4 Å². The highest BCUT2D eigenvalue weighted by Gasteiger charge is 2.51. The maximum atomic E-state index is 10.5. The van der Waals surface area contributed by atoms with E-state index < -0.39 is 5.60 Å². The monoisotopic (exact) mass is 213 g/mol. The molecular formula is C13H27NO. The number of rotatable bonds is 0. The zero-order valence-electron chi connectivity index (χ0n) is 11.4. The second-order valence-electron chi connectivity index (χ2n) is 7.24. The molecular weight excluding hydrogens is 186 g/mol. The Morgan fingerprint density at radius 1 is 1.13 bits per heavy atom. The van der Waals surface area contributed by atoms with Gasteiger partial charge in [0.05, 0.1) is 5.60 Å². The molecule has 1 fully saturated rings. The molecule has 0 saturated carbocycles. The summed E-state index contributed by atoms with van der Waals surface area (Å²) >= 11 is 0. The van der Waals surface area contributed by atoms with Gasteiger partial charge in [0.15, 0.2) is 0 Å². The van der Waals surface area contributed by atoms with Gasteiger partial charge in [-0.05, 0) is 39.5 Å². The molecule has 0 aromatic heterocycles. The lowest BCUT2D eigenvalue weighted by Gasteiger charge is -2.46. The molecule has 0 amide bonds. The Hall–Kier alpha value is -0.0800. The van der Waals surface area contributed by atoms with Crippen LogP contribution in [0.4, 0.5) is 0 Å². The number of nitrogens with zero attached hydrogens (tertiary/aromatic N) is 1. The Bertz CT molecular complexity index is 232. The van der Waals surface area contributed by atoms with Gasteiger partial charge in [0.1, 0.15) is 0 Å². The molecule has 2 atom stereocenters. The largest absolute Gasteiger partial charge is 0.388 e. The molecule has 0 aliphatic carbocycles. The Morgan fingerprint density at radius 3 is 1.87 bits per heavy atom. The predicted molar refractivity (Wildman–Crippen MR) is 64.9 cm³/mol. The number of hydrogen-bond acceptors (Lipinski definition) is 2. The van der Waals surface area contributed by atoms with E-state index in [0.717, 1.165) is 13.0 Å². The van der Waals surface area contributed by atoms with Crippen molar-refractivity contribution in [1.82, 2.24) is 4.90 Å². The van der Waals surface area contributed by atoms with Crippen molar-refractivity contribution in [1.29, 1.82) is 0 Å². The van der Waals surface area contributed by atoms with E-state index in [1.54, 1.807) is 0 Å². The third kappa shape index (κ3) is 2.54. The first-order valence-corrected chi connectivity index (χ1v) is 5.95. The zero-order chi connectivity index (χ0) is 12.1. The lowest BCUT2D eigenvalue weighted by Crippen LogP contribution is -2.56. The molecule has 1 N–H and O–H groups in total. The summed E-state index contributed by atoms with van der Waals surface area (Å²) in [7, 11) is 0. The fourth-order valence-electron chi connectivity index (χ4n) is 3.07. The number of likely N-dealkylation sites (tertiary alicyclic amines) is 1. The molecule has 0 radical (unpaired) electrons. The van der Waals surface area contributed by atoms with Crippen molar-refractivity contribution in [3.63, 3.8) is 0 Å². The first-order valence-electron chi connectivity index (χ1n) is 5.95. The van der Waals surface area contributed by atoms with Crippen LogP contribution in [0, 0.1) is 5.41 Å². The standard InChI is InChI=1S/C13H27NO/c1-11(2,3)10-13(7,15)8-9-14(10)12(4,5)6/h10,15H,8-9H2,1-7H3. The summed E-state index contributed by atoms with van der Waals surface area (Å²) in [5.74, 6) is 0. The van der Waals surface area contributed by atoms with E-state index in [9.17, 15) is 5.11 Å². The highest BCUT2D eigenvalue weighted by molar-refractivity contribution is 5.05. The first-order chi connectivity index (χ1) is 6.46. The van der Waals surface area contributed by atoms with Gasteiger partial charge >= 0.3 is 0 Å². The van der Waals surface area contributed by atoms with Crippen molar-refractivity contribution in [2.45, 2.75) is 72.1 Å². The quantitative estimate of drug-likeness (QED) is 0.668. The van der Waals surface area contributed by atoms with Gasteiger partial charge in [0.2, 0.25) is 0 Å². The van der Waals surface area contributed by atoms with Gasteiger partial charge in [-0.25, -0.2) is 0 Å². The summed E-state index contributed by atoms with van der Waals surface area (Å²) in [5.41, 5.74) is -0.294. The van der Waals surface area contributed by atoms with Crippen LogP contribution in [-0.2, 0) is 0 Å². The lowest BCUT2D eigenvalue weighted by molar-refractivity contribution is -0.0520. The molecule has 0 aromatic carbocycles. The Balaban J connectivity index is 3.03. The smallest absolute Gasteiger partial charge is 0.0791 e. The van der Waals surface area contributed by atoms with Gasteiger partial charge in [0.25, 0.3) is 0 Å². The van der Waals surface area contributed by atoms with Crippen LogP contribution in [0.3, 0.4) is 0 Å². The normalized spacial score (nSPS) is 34.8. The van der Waals surface area contributed by atoms with E-state index in [1.807, 2.05) is 6.92 Å². The average molecular weight is 213 g/mol. The summed E-state index contributed by atoms with van der Waals surface area (Å²) in [4.78, 5) is 2.45. The molecule has 0 aromatic rings. The SMILES string of the molecule is CC(C)(C)C1N(C(C)(C)C)CCC1(C)O. The van der Waals surface area contributed by atoms with Crippen molar-refractivity contribution >= 4 is 0 Å². The summed E-state index contributed by atoms with van der Waals surface area (Å²) < 4.78 is 0. The minimum absolute atomic E-state index is 0.118. The zero-order valence-corrected chi connectivity index (χ0v) is 11.4. The minimum atomic E-state index is -0.550. The van der Waals surface area contributed by atoms with Crippen molar-refractivity contribution in [2.75, 3.05) is 6.54 Å². The fourth-order valence-corrected chi connectivity index (χ4v) is 3.07. The molecule has 90 valence electrons. The van der Waals surface area contributed by atoms with Gasteiger partial charge in [-0.15, -0.1) is 0 Å². The van der Waals surface area contributed by atoms with Gasteiger partial charge in [-0.3, -0.25) is 4.90 Å². The molecule has 2 heteroatoms. The molecule has 1 aliphatic rings. The van der Waals surface area contributed by atoms with Crippen LogP contribution in [0.15, 0.2) is 0 Å². The van der Waals surface area contributed by atoms with Crippen LogP contribution in [0.1, 0.15) is 54.9 Å². The number of aliphatic hydroxyl groups is 1. The number of hydrogen-bond donors (Lipinski definition) is 1. The van der Waals surface area contributed by atoms with Crippen LogP contribution in [0.25, 0.3) is 0 Å². The Morgan fingerprint density at radius 2 is 1.60 bits per heavy atom. The van der Waals surface area contributed by atoms with E-state index in [1.165, 1.54) is 0 Å². The fraction of sp³-hybridized carbons (Fsp3) is 1.00. The molecule has 0 spiro atoms. The second kappa shape index (κ2) is 3.46. The van der Waals surface area contributed by atoms with Crippen LogP contribution >= 0.6 is 0 Å². The summed E-state index contributed by atoms with van der Waals surface area (Å²) in [6.45, 7) is 16.3. The summed E-state index contributed by atoms with van der Waals surface area (Å²) in [5, 5.41) is 10.5. The highest BCUT2D eigenvalue weighted by atomic mass is 16.3. The van der Waals surface area contributed by atoms with E-state index in [4.69, 9.17) is 0 Å². The molecule has 1 rings (SSSR count). The van der Waals surface area contributed by atoms with Crippen molar-refractivity contribution in [3.05, 3.63) is 0 Å². The minimum Gasteiger partial charge on any atom is -0.388 e. The van der Waals surface area contributed by atoms with Crippen molar-refractivity contribution in [3.8, 4) is 0 Å². The molecule has 15 heavy (non-hydrogen) atoms. The van der Waals surface area contributed by atoms with E-state index in [0.29, 0.717) is 0 Å². The van der Waals surface area contributed by atoms with Gasteiger partial charge in [0, 0.05) is 18.1 Å². The van der Waals surface area contributed by atoms with Crippen LogP contribution in [0.5, 0.6) is 0 Å². The maximum Gasteiger partial charge on any atom is 0.0791 e. The van der Waals surface area contributed by atoms with Gasteiger partial charge in [-0.2, -0.15) is 0 Å². The average Bonchev–Trinajstić information content (AvgIpc) is 2.21. The third-order valence-electron chi connectivity index (χ3n) is 3.44. The van der Waals surface area contributed by atoms with Crippen molar-refractivity contribution in [2.24, 2.45) is 5.41 Å². The van der Waals surface area contributed by atoms with Gasteiger partial charge in [-0.1, -0.05) is 20.8 Å². The van der Waals surface area contributed by atoms with Gasteiger partial charge < -0.3 is 5.11 Å².